The second kappa shape index (κ2) is 8.70. The van der Waals surface area contributed by atoms with Gasteiger partial charge in [0.25, 0.3) is 5.89 Å². The first-order valence-corrected chi connectivity index (χ1v) is 10.7. The number of hydrogen-bond acceptors (Lipinski definition) is 8. The second-order valence-electron chi connectivity index (χ2n) is 6.43. The molecule has 0 atom stereocenters. The molecule has 1 aromatic carbocycles. The first kappa shape index (κ1) is 20.3. The molecule has 0 aliphatic carbocycles. The zero-order valence-electron chi connectivity index (χ0n) is 15.8. The van der Waals surface area contributed by atoms with E-state index in [0.29, 0.717) is 31.8 Å². The van der Waals surface area contributed by atoms with Crippen LogP contribution in [0, 0.1) is 5.92 Å². The van der Waals surface area contributed by atoms with Crippen LogP contribution in [0.2, 0.25) is 0 Å². The summed E-state index contributed by atoms with van der Waals surface area (Å²) in [5, 5.41) is 3.83. The molecule has 2 heterocycles. The quantitative estimate of drug-likeness (QED) is 0.637. The number of carbonyl (C=O) groups is 1. The number of carbonyl (C=O) groups excluding carboxylic acids is 1. The summed E-state index contributed by atoms with van der Waals surface area (Å²) in [6.07, 6.45) is 0.892. The first-order chi connectivity index (χ1) is 13.4. The van der Waals surface area contributed by atoms with Gasteiger partial charge in [-0.3, -0.25) is 4.79 Å². The van der Waals surface area contributed by atoms with E-state index in [2.05, 4.69) is 10.1 Å². The Morgan fingerprint density at radius 1 is 1.25 bits per heavy atom. The second-order valence-corrected chi connectivity index (χ2v) is 8.68. The number of piperidine rings is 1. The standard InChI is InChI=1S/C18H23N3O6S/c1-3-28(23,24)21-10-8-14(9-11-21)18(22)26-12-16-19-17(27-20-16)13-4-6-15(25-2)7-5-13/h4-7,14H,3,8-12H2,1-2H3. The Bertz CT molecular complexity index is 902. The number of hydrogen-bond donors (Lipinski definition) is 0. The van der Waals surface area contributed by atoms with E-state index >= 15 is 0 Å². The Morgan fingerprint density at radius 2 is 1.93 bits per heavy atom. The molecule has 0 radical (unpaired) electrons. The van der Waals surface area contributed by atoms with Gasteiger partial charge in [0, 0.05) is 18.7 Å². The molecule has 1 aliphatic rings. The molecule has 0 bridgehead atoms. The summed E-state index contributed by atoms with van der Waals surface area (Å²) in [5.41, 5.74) is 0.732. The Kier molecular flexibility index (Phi) is 6.30. The number of esters is 1. The highest BCUT2D eigenvalue weighted by Crippen LogP contribution is 2.23. The molecular formula is C18H23N3O6S. The Hall–Kier alpha value is -2.46. The van der Waals surface area contributed by atoms with E-state index in [1.807, 2.05) is 0 Å². The summed E-state index contributed by atoms with van der Waals surface area (Å²) in [6, 6.07) is 7.15. The van der Waals surface area contributed by atoms with E-state index in [9.17, 15) is 13.2 Å². The molecule has 28 heavy (non-hydrogen) atoms. The first-order valence-electron chi connectivity index (χ1n) is 9.04. The lowest BCUT2D eigenvalue weighted by Gasteiger charge is -2.29. The van der Waals surface area contributed by atoms with Gasteiger partial charge in [0.15, 0.2) is 6.61 Å². The summed E-state index contributed by atoms with van der Waals surface area (Å²) in [7, 11) is -1.63. The summed E-state index contributed by atoms with van der Waals surface area (Å²) < 4.78 is 40.8. The van der Waals surface area contributed by atoms with Crippen LogP contribution in [0.1, 0.15) is 25.6 Å². The minimum Gasteiger partial charge on any atom is -0.497 e. The van der Waals surface area contributed by atoms with Gasteiger partial charge >= 0.3 is 5.97 Å². The highest BCUT2D eigenvalue weighted by Gasteiger charge is 2.31. The minimum atomic E-state index is -3.21. The number of sulfonamides is 1. The maximum Gasteiger partial charge on any atom is 0.309 e. The number of nitrogens with zero attached hydrogens (tertiary/aromatic N) is 3. The van der Waals surface area contributed by atoms with E-state index in [1.165, 1.54) is 4.31 Å². The van der Waals surface area contributed by atoms with Crippen molar-refractivity contribution in [2.75, 3.05) is 26.0 Å². The van der Waals surface area contributed by atoms with Gasteiger partial charge in [0.05, 0.1) is 18.8 Å². The SMILES string of the molecule is CCS(=O)(=O)N1CCC(C(=O)OCc2noc(-c3ccc(OC)cc3)n2)CC1. The lowest BCUT2D eigenvalue weighted by molar-refractivity contribution is -0.151. The van der Waals surface area contributed by atoms with Gasteiger partial charge in [-0.25, -0.2) is 12.7 Å². The number of methoxy groups -OCH3 is 1. The van der Waals surface area contributed by atoms with E-state index < -0.39 is 10.0 Å². The van der Waals surface area contributed by atoms with Crippen LogP contribution < -0.4 is 4.74 Å². The maximum atomic E-state index is 12.3. The minimum absolute atomic E-state index is 0.0659. The fourth-order valence-corrected chi connectivity index (χ4v) is 4.10. The zero-order chi connectivity index (χ0) is 20.1. The lowest BCUT2D eigenvalue weighted by atomic mass is 9.98. The zero-order valence-corrected chi connectivity index (χ0v) is 16.6. The Labute approximate surface area is 163 Å². The number of rotatable bonds is 7. The van der Waals surface area contributed by atoms with Crippen molar-refractivity contribution >= 4 is 16.0 Å². The number of ether oxygens (including phenoxy) is 2. The third-order valence-electron chi connectivity index (χ3n) is 4.69. The molecule has 0 unspecified atom stereocenters. The summed E-state index contributed by atoms with van der Waals surface area (Å²) in [6.45, 7) is 2.19. The van der Waals surface area contributed by atoms with Crippen LogP contribution in [-0.4, -0.2) is 54.8 Å². The van der Waals surface area contributed by atoms with Gasteiger partial charge in [0.2, 0.25) is 15.8 Å². The molecule has 0 N–H and O–H groups in total. The predicted octanol–water partition coefficient (Wildman–Crippen LogP) is 1.85. The van der Waals surface area contributed by atoms with Gasteiger partial charge in [-0.05, 0) is 44.0 Å². The molecule has 1 aliphatic heterocycles. The van der Waals surface area contributed by atoms with Gasteiger partial charge in [-0.2, -0.15) is 4.98 Å². The molecule has 1 saturated heterocycles. The van der Waals surface area contributed by atoms with Crippen LogP contribution >= 0.6 is 0 Å². The molecule has 1 aromatic heterocycles. The Morgan fingerprint density at radius 3 is 2.54 bits per heavy atom. The van der Waals surface area contributed by atoms with E-state index in [0.717, 1.165) is 11.3 Å². The highest BCUT2D eigenvalue weighted by atomic mass is 32.2. The van der Waals surface area contributed by atoms with Crippen molar-refractivity contribution in [3.05, 3.63) is 30.1 Å². The van der Waals surface area contributed by atoms with Crippen LogP contribution in [0.3, 0.4) is 0 Å². The molecule has 0 spiro atoms. The van der Waals surface area contributed by atoms with Gasteiger partial charge < -0.3 is 14.0 Å². The summed E-state index contributed by atoms with van der Waals surface area (Å²) in [4.78, 5) is 16.5. The highest BCUT2D eigenvalue weighted by molar-refractivity contribution is 7.89. The summed E-state index contributed by atoms with van der Waals surface area (Å²) in [5.74, 6) is 0.684. The van der Waals surface area contributed by atoms with E-state index in [1.54, 1.807) is 38.3 Å². The average Bonchev–Trinajstić information content (AvgIpc) is 3.21. The summed E-state index contributed by atoms with van der Waals surface area (Å²) >= 11 is 0. The Balaban J connectivity index is 1.51. The van der Waals surface area contributed by atoms with Gasteiger partial charge in [-0.1, -0.05) is 5.16 Å². The third-order valence-corrected chi connectivity index (χ3v) is 6.58. The topological polar surface area (TPSA) is 112 Å². The molecule has 1 fully saturated rings. The molecule has 3 rings (SSSR count). The molecule has 0 amide bonds. The maximum absolute atomic E-state index is 12.3. The van der Waals surface area contributed by atoms with Crippen LogP contribution in [0.4, 0.5) is 0 Å². The van der Waals surface area contributed by atoms with E-state index in [4.69, 9.17) is 14.0 Å². The molecule has 9 nitrogen and oxygen atoms in total. The predicted molar refractivity (Wildman–Crippen MR) is 99.8 cm³/mol. The fourth-order valence-electron chi connectivity index (χ4n) is 2.97. The molecule has 0 saturated carbocycles. The molecule has 152 valence electrons. The smallest absolute Gasteiger partial charge is 0.309 e. The lowest BCUT2D eigenvalue weighted by Crippen LogP contribution is -2.41. The van der Waals surface area contributed by atoms with Crippen molar-refractivity contribution in [3.63, 3.8) is 0 Å². The molecule has 10 heteroatoms. The fraction of sp³-hybridized carbons (Fsp3) is 0.500. The van der Waals surface area contributed by atoms with Gasteiger partial charge in [0.1, 0.15) is 5.75 Å². The largest absolute Gasteiger partial charge is 0.497 e. The van der Waals surface area contributed by atoms with Crippen LogP contribution in [0.25, 0.3) is 11.5 Å². The molecular weight excluding hydrogens is 386 g/mol. The van der Waals surface area contributed by atoms with Crippen molar-refractivity contribution < 1.29 is 27.2 Å². The van der Waals surface area contributed by atoms with Crippen LogP contribution in [0.5, 0.6) is 5.75 Å². The van der Waals surface area contributed by atoms with Crippen LogP contribution in [-0.2, 0) is 26.2 Å². The third kappa shape index (κ3) is 4.68. The average molecular weight is 409 g/mol. The van der Waals surface area contributed by atoms with Crippen molar-refractivity contribution in [3.8, 4) is 17.2 Å². The van der Waals surface area contributed by atoms with Crippen molar-refractivity contribution in [1.82, 2.24) is 14.4 Å². The molecule has 2 aromatic rings. The van der Waals surface area contributed by atoms with Crippen molar-refractivity contribution in [2.45, 2.75) is 26.4 Å². The number of aromatic nitrogens is 2. The normalized spacial score (nSPS) is 16.1. The van der Waals surface area contributed by atoms with Crippen molar-refractivity contribution in [2.24, 2.45) is 5.92 Å². The van der Waals surface area contributed by atoms with Gasteiger partial charge in [-0.15, -0.1) is 0 Å². The van der Waals surface area contributed by atoms with Crippen LogP contribution in [0.15, 0.2) is 28.8 Å². The van der Waals surface area contributed by atoms with Crippen molar-refractivity contribution in [1.29, 1.82) is 0 Å². The number of benzene rings is 1. The van der Waals surface area contributed by atoms with E-state index in [-0.39, 0.29) is 30.1 Å². The monoisotopic (exact) mass is 409 g/mol.